The molecule has 0 fully saturated rings. The molecule has 8 nitrogen and oxygen atoms in total. The number of hydrogen-bond acceptors (Lipinski definition) is 6. The van der Waals surface area contributed by atoms with Gasteiger partial charge in [-0.15, -0.1) is 0 Å². The Labute approximate surface area is 190 Å². The molecule has 0 heterocycles. The molecule has 0 unspecified atom stereocenters. The van der Waals surface area contributed by atoms with Gasteiger partial charge in [0, 0.05) is 39.2 Å². The van der Waals surface area contributed by atoms with Gasteiger partial charge in [0.1, 0.15) is 0 Å². The van der Waals surface area contributed by atoms with E-state index >= 15 is 0 Å². The lowest BCUT2D eigenvalue weighted by Gasteiger charge is -2.22. The lowest BCUT2D eigenvalue weighted by molar-refractivity contribution is -0.131. The molecule has 0 aliphatic heterocycles. The van der Waals surface area contributed by atoms with Crippen LogP contribution in [0.2, 0.25) is 0 Å². The molecule has 0 atom stereocenters. The smallest absolute Gasteiger partial charge is 0.240 e. The first-order chi connectivity index (χ1) is 15.4. The van der Waals surface area contributed by atoms with E-state index in [-0.39, 0.29) is 23.8 Å². The van der Waals surface area contributed by atoms with Crippen LogP contribution < -0.4 is 14.2 Å². The first-order valence-electron chi connectivity index (χ1n) is 10.4. The number of carbonyl (C=O) groups excluding carboxylic acids is 1. The summed E-state index contributed by atoms with van der Waals surface area (Å²) in [6, 6.07) is 14.4. The van der Waals surface area contributed by atoms with E-state index < -0.39 is 10.0 Å². The number of rotatable bonds is 14. The monoisotopic (exact) mass is 464 g/mol. The van der Waals surface area contributed by atoms with Crippen molar-refractivity contribution in [3.63, 3.8) is 0 Å². The maximum absolute atomic E-state index is 12.7. The van der Waals surface area contributed by atoms with Gasteiger partial charge in [-0.25, -0.2) is 13.1 Å². The second-order valence-electron chi connectivity index (χ2n) is 7.13. The second kappa shape index (κ2) is 13.0. The zero-order valence-electron chi connectivity index (χ0n) is 18.9. The Kier molecular flexibility index (Phi) is 10.5. The molecule has 9 heteroatoms. The standard InChI is InChI=1S/C23H32N2O6S/c1-29-17-16-25(15-7-10-19-8-5-4-6-9-19)23(26)13-14-24-32(27,28)20-11-12-21(30-2)22(18-20)31-3/h4-6,8-9,11-12,18,24H,7,10,13-17H2,1-3H3. The van der Waals surface area contributed by atoms with Crippen molar-refractivity contribution >= 4 is 15.9 Å². The predicted molar refractivity (Wildman–Crippen MR) is 123 cm³/mol. The molecule has 2 aromatic carbocycles. The number of ether oxygens (including phenoxy) is 3. The maximum Gasteiger partial charge on any atom is 0.240 e. The van der Waals surface area contributed by atoms with Gasteiger partial charge in [0.2, 0.25) is 15.9 Å². The lowest BCUT2D eigenvalue weighted by Crippen LogP contribution is -2.37. The normalized spacial score (nSPS) is 11.2. The van der Waals surface area contributed by atoms with Crippen LogP contribution in [0.3, 0.4) is 0 Å². The fourth-order valence-corrected chi connectivity index (χ4v) is 4.25. The first-order valence-corrected chi connectivity index (χ1v) is 11.9. The van der Waals surface area contributed by atoms with E-state index in [9.17, 15) is 13.2 Å². The number of hydrogen-bond donors (Lipinski definition) is 1. The molecule has 0 aliphatic carbocycles. The fraction of sp³-hybridized carbons (Fsp3) is 0.435. The number of carbonyl (C=O) groups is 1. The Balaban J connectivity index is 1.90. The Hall–Kier alpha value is -2.62. The number of methoxy groups -OCH3 is 3. The summed E-state index contributed by atoms with van der Waals surface area (Å²) in [4.78, 5) is 14.5. The van der Waals surface area contributed by atoms with Gasteiger partial charge in [-0.05, 0) is 30.5 Å². The average molecular weight is 465 g/mol. The highest BCUT2D eigenvalue weighted by molar-refractivity contribution is 7.89. The van der Waals surface area contributed by atoms with E-state index in [0.29, 0.717) is 31.2 Å². The van der Waals surface area contributed by atoms with Gasteiger partial charge in [-0.1, -0.05) is 30.3 Å². The Morgan fingerprint density at radius 1 is 0.969 bits per heavy atom. The third kappa shape index (κ3) is 7.81. The molecular weight excluding hydrogens is 432 g/mol. The molecule has 176 valence electrons. The zero-order chi connectivity index (χ0) is 23.4. The quantitative estimate of drug-likeness (QED) is 0.462. The van der Waals surface area contributed by atoms with E-state index in [1.165, 1.54) is 38.0 Å². The van der Waals surface area contributed by atoms with Crippen molar-refractivity contribution in [2.75, 3.05) is 47.6 Å². The van der Waals surface area contributed by atoms with Gasteiger partial charge >= 0.3 is 0 Å². The summed E-state index contributed by atoms with van der Waals surface area (Å²) < 4.78 is 43.1. The van der Waals surface area contributed by atoms with Crippen molar-refractivity contribution in [1.82, 2.24) is 9.62 Å². The van der Waals surface area contributed by atoms with Crippen LogP contribution in [-0.2, 0) is 26.0 Å². The largest absolute Gasteiger partial charge is 0.493 e. The van der Waals surface area contributed by atoms with Gasteiger partial charge in [0.15, 0.2) is 11.5 Å². The highest BCUT2D eigenvalue weighted by atomic mass is 32.2. The third-order valence-electron chi connectivity index (χ3n) is 4.95. The zero-order valence-corrected chi connectivity index (χ0v) is 19.7. The van der Waals surface area contributed by atoms with Gasteiger partial charge in [0.05, 0.1) is 25.7 Å². The summed E-state index contributed by atoms with van der Waals surface area (Å²) in [5, 5.41) is 0. The van der Waals surface area contributed by atoms with Crippen molar-refractivity contribution in [3.05, 3.63) is 54.1 Å². The minimum Gasteiger partial charge on any atom is -0.493 e. The van der Waals surface area contributed by atoms with E-state index in [2.05, 4.69) is 16.9 Å². The van der Waals surface area contributed by atoms with E-state index in [0.717, 1.165) is 12.8 Å². The van der Waals surface area contributed by atoms with Crippen LogP contribution in [0.15, 0.2) is 53.4 Å². The average Bonchev–Trinajstić information content (AvgIpc) is 2.81. The van der Waals surface area contributed by atoms with E-state index in [1.807, 2.05) is 18.2 Å². The molecule has 0 spiro atoms. The van der Waals surface area contributed by atoms with Crippen LogP contribution in [-0.4, -0.2) is 66.8 Å². The highest BCUT2D eigenvalue weighted by Crippen LogP contribution is 2.29. The highest BCUT2D eigenvalue weighted by Gasteiger charge is 2.19. The molecule has 1 amide bonds. The molecule has 2 rings (SSSR count). The summed E-state index contributed by atoms with van der Waals surface area (Å²) in [6.45, 7) is 1.47. The number of benzene rings is 2. The fourth-order valence-electron chi connectivity index (χ4n) is 3.20. The van der Waals surface area contributed by atoms with Gasteiger partial charge in [-0.2, -0.15) is 0 Å². The maximum atomic E-state index is 12.7. The topological polar surface area (TPSA) is 94.2 Å². The van der Waals surface area contributed by atoms with Crippen LogP contribution in [0.4, 0.5) is 0 Å². The minimum atomic E-state index is -3.79. The number of nitrogens with one attached hydrogen (secondary N) is 1. The lowest BCUT2D eigenvalue weighted by atomic mass is 10.1. The van der Waals surface area contributed by atoms with Crippen molar-refractivity contribution < 1.29 is 27.4 Å². The Morgan fingerprint density at radius 2 is 1.69 bits per heavy atom. The molecular formula is C23H32N2O6S. The van der Waals surface area contributed by atoms with Gasteiger partial charge < -0.3 is 19.1 Å². The molecule has 0 radical (unpaired) electrons. The first kappa shape index (κ1) is 25.6. The van der Waals surface area contributed by atoms with Crippen molar-refractivity contribution in [2.24, 2.45) is 0 Å². The second-order valence-corrected chi connectivity index (χ2v) is 8.89. The summed E-state index contributed by atoms with van der Waals surface area (Å²) >= 11 is 0. The van der Waals surface area contributed by atoms with Crippen LogP contribution in [0.5, 0.6) is 11.5 Å². The predicted octanol–water partition coefficient (Wildman–Crippen LogP) is 2.48. The molecule has 2 aromatic rings. The van der Waals surface area contributed by atoms with E-state index in [1.54, 1.807) is 12.0 Å². The van der Waals surface area contributed by atoms with Crippen LogP contribution >= 0.6 is 0 Å². The van der Waals surface area contributed by atoms with Crippen molar-refractivity contribution in [1.29, 1.82) is 0 Å². The summed E-state index contributed by atoms with van der Waals surface area (Å²) in [5.41, 5.74) is 1.22. The van der Waals surface area contributed by atoms with Crippen LogP contribution in [0.25, 0.3) is 0 Å². The molecule has 0 saturated heterocycles. The SMILES string of the molecule is COCCN(CCCc1ccccc1)C(=O)CCNS(=O)(=O)c1ccc(OC)c(OC)c1. The summed E-state index contributed by atoms with van der Waals surface area (Å²) in [5.74, 6) is 0.631. The Bertz CT molecular complexity index is 950. The van der Waals surface area contributed by atoms with E-state index in [4.69, 9.17) is 14.2 Å². The molecule has 0 bridgehead atoms. The van der Waals surface area contributed by atoms with Crippen LogP contribution in [0.1, 0.15) is 18.4 Å². The molecule has 0 aromatic heterocycles. The number of aryl methyl sites for hydroxylation is 1. The van der Waals surface area contributed by atoms with Gasteiger partial charge in [-0.3, -0.25) is 4.79 Å². The molecule has 0 aliphatic rings. The number of sulfonamides is 1. The summed E-state index contributed by atoms with van der Waals surface area (Å²) in [7, 11) is 0.712. The Morgan fingerprint density at radius 3 is 2.34 bits per heavy atom. The number of nitrogens with zero attached hydrogens (tertiary/aromatic N) is 1. The van der Waals surface area contributed by atoms with Gasteiger partial charge in [0.25, 0.3) is 0 Å². The third-order valence-corrected chi connectivity index (χ3v) is 6.41. The van der Waals surface area contributed by atoms with Crippen molar-refractivity contribution in [3.8, 4) is 11.5 Å². The minimum absolute atomic E-state index is 0.00230. The number of amides is 1. The molecule has 0 saturated carbocycles. The molecule has 32 heavy (non-hydrogen) atoms. The summed E-state index contributed by atoms with van der Waals surface area (Å²) in [6.07, 6.45) is 1.74. The van der Waals surface area contributed by atoms with Crippen molar-refractivity contribution in [2.45, 2.75) is 24.2 Å². The molecule has 1 N–H and O–H groups in total. The van der Waals surface area contributed by atoms with Crippen LogP contribution in [0, 0.1) is 0 Å².